The third kappa shape index (κ3) is 5.94. The Labute approximate surface area is 195 Å². The molecule has 4 N–H and O–H groups in total. The summed E-state index contributed by atoms with van der Waals surface area (Å²) in [7, 11) is 0. The second-order valence-electron chi connectivity index (χ2n) is 7.20. The first-order valence-electron chi connectivity index (χ1n) is 10.3. The van der Waals surface area contributed by atoms with Crippen LogP contribution in [0, 0.1) is 28.4 Å². The van der Waals surface area contributed by atoms with E-state index in [-0.39, 0.29) is 24.7 Å². The number of nitrogen functional groups attached to an aromatic ring is 1. The van der Waals surface area contributed by atoms with Gasteiger partial charge in [0.25, 0.3) is 5.91 Å². The van der Waals surface area contributed by atoms with Crippen LogP contribution in [0.15, 0.2) is 60.7 Å². The zero-order valence-corrected chi connectivity index (χ0v) is 18.3. The molecule has 0 unspecified atom stereocenters. The summed E-state index contributed by atoms with van der Waals surface area (Å²) in [5.74, 6) is -2.60. The average Bonchev–Trinajstić information content (AvgIpc) is 2.82. The molecule has 0 bridgehead atoms. The quantitative estimate of drug-likeness (QED) is 0.322. The molecule has 34 heavy (non-hydrogen) atoms. The van der Waals surface area contributed by atoms with Crippen LogP contribution in [-0.4, -0.2) is 18.3 Å². The lowest BCUT2D eigenvalue weighted by Crippen LogP contribution is -2.31. The zero-order valence-electron chi connectivity index (χ0n) is 18.3. The van der Waals surface area contributed by atoms with Crippen molar-refractivity contribution in [2.45, 2.75) is 19.6 Å². The number of benzene rings is 3. The molecule has 3 aromatic carbocycles. The third-order valence-electron chi connectivity index (χ3n) is 4.84. The number of nitrogens with two attached hydrogens (primary N) is 1. The minimum absolute atomic E-state index is 0.0494. The summed E-state index contributed by atoms with van der Waals surface area (Å²) in [6, 6.07) is 16.6. The first-order valence-corrected chi connectivity index (χ1v) is 10.3. The van der Waals surface area contributed by atoms with Crippen LogP contribution >= 0.6 is 0 Å². The van der Waals surface area contributed by atoms with Gasteiger partial charge in [0, 0.05) is 30.8 Å². The first kappa shape index (κ1) is 24.4. The molecule has 3 rings (SSSR count). The van der Waals surface area contributed by atoms with Crippen molar-refractivity contribution in [3.05, 3.63) is 94.6 Å². The predicted octanol–water partition coefficient (Wildman–Crippen LogP) is 4.31. The van der Waals surface area contributed by atoms with E-state index in [0.29, 0.717) is 22.4 Å². The number of nitrogens with zero attached hydrogens (tertiary/aromatic N) is 1. The molecule has 0 aliphatic carbocycles. The summed E-state index contributed by atoms with van der Waals surface area (Å²) in [6.45, 7) is 1.75. The normalized spacial score (nSPS) is 11.4. The van der Waals surface area contributed by atoms with Crippen molar-refractivity contribution in [3.63, 3.8) is 0 Å². The second kappa shape index (κ2) is 11.0. The smallest absolute Gasteiger partial charge is 0.254 e. The van der Waals surface area contributed by atoms with E-state index in [9.17, 15) is 13.6 Å². The van der Waals surface area contributed by atoms with E-state index in [4.69, 9.17) is 25.9 Å². The highest BCUT2D eigenvalue weighted by molar-refractivity contribution is 5.94. The fourth-order valence-corrected chi connectivity index (χ4v) is 3.14. The molecule has 9 heteroatoms. The highest BCUT2D eigenvalue weighted by Crippen LogP contribution is 2.31. The molecule has 0 aliphatic rings. The number of halogens is 2. The SMILES string of the molecule is CCO[C@H](C(=O)NCc1ccc(C(=N)N)cc1)c1c(F)cc(Oc2ccc(C#N)cc2)cc1F. The number of ether oxygens (including phenoxy) is 2. The van der Waals surface area contributed by atoms with Gasteiger partial charge >= 0.3 is 0 Å². The number of amidine groups is 1. The van der Waals surface area contributed by atoms with E-state index < -0.39 is 29.2 Å². The van der Waals surface area contributed by atoms with Crippen molar-refractivity contribution in [1.82, 2.24) is 5.32 Å². The second-order valence-corrected chi connectivity index (χ2v) is 7.20. The summed E-state index contributed by atoms with van der Waals surface area (Å²) in [5, 5.41) is 18.9. The number of hydrogen-bond acceptors (Lipinski definition) is 5. The third-order valence-corrected chi connectivity index (χ3v) is 4.84. The summed E-state index contributed by atoms with van der Waals surface area (Å²) in [6.07, 6.45) is -1.51. The Kier molecular flexibility index (Phi) is 7.90. The van der Waals surface area contributed by atoms with E-state index >= 15 is 0 Å². The molecule has 3 aromatic rings. The van der Waals surface area contributed by atoms with Crippen LogP contribution in [0.2, 0.25) is 0 Å². The van der Waals surface area contributed by atoms with Gasteiger partial charge in [0.1, 0.15) is 29.0 Å². The van der Waals surface area contributed by atoms with Crippen molar-refractivity contribution < 1.29 is 23.0 Å². The lowest BCUT2D eigenvalue weighted by atomic mass is 10.1. The van der Waals surface area contributed by atoms with Gasteiger partial charge in [-0.2, -0.15) is 5.26 Å². The van der Waals surface area contributed by atoms with Crippen LogP contribution in [0.4, 0.5) is 8.78 Å². The molecule has 0 spiro atoms. The molecule has 0 radical (unpaired) electrons. The van der Waals surface area contributed by atoms with Crippen molar-refractivity contribution >= 4 is 11.7 Å². The molecule has 0 saturated heterocycles. The molecule has 0 saturated carbocycles. The van der Waals surface area contributed by atoms with E-state index in [2.05, 4.69) is 5.32 Å². The maximum atomic E-state index is 14.9. The molecule has 0 fully saturated rings. The maximum absolute atomic E-state index is 14.9. The molecule has 0 heterocycles. The van der Waals surface area contributed by atoms with Crippen molar-refractivity contribution in [2.75, 3.05) is 6.61 Å². The highest BCUT2D eigenvalue weighted by Gasteiger charge is 2.28. The molecule has 174 valence electrons. The largest absolute Gasteiger partial charge is 0.457 e. The van der Waals surface area contributed by atoms with Crippen LogP contribution in [0.5, 0.6) is 11.5 Å². The van der Waals surface area contributed by atoms with Gasteiger partial charge in [-0.15, -0.1) is 0 Å². The van der Waals surface area contributed by atoms with Crippen LogP contribution < -0.4 is 15.8 Å². The standard InChI is InChI=1S/C25H22F2N4O3/c1-2-33-23(25(32)31-14-16-3-7-17(8-4-16)24(29)30)22-20(26)11-19(12-21(22)27)34-18-9-5-15(13-28)6-10-18/h3-12,23H,2,14H2,1H3,(H3,29,30)(H,31,32)/t23-/m0/s1. The summed E-state index contributed by atoms with van der Waals surface area (Å²) < 4.78 is 40.6. The molecule has 1 amide bonds. The Bertz CT molecular complexity index is 1200. The Hall–Kier alpha value is -4.29. The summed E-state index contributed by atoms with van der Waals surface area (Å²) >= 11 is 0. The zero-order chi connectivity index (χ0) is 24.7. The number of carbonyl (C=O) groups is 1. The van der Waals surface area contributed by atoms with Gasteiger partial charge in [-0.05, 0) is 36.8 Å². The van der Waals surface area contributed by atoms with Gasteiger partial charge in [-0.3, -0.25) is 10.2 Å². The van der Waals surface area contributed by atoms with Crippen LogP contribution in [0.25, 0.3) is 0 Å². The number of hydrogen-bond donors (Lipinski definition) is 3. The molecule has 0 aromatic heterocycles. The fourth-order valence-electron chi connectivity index (χ4n) is 3.14. The molecular formula is C25H22F2N4O3. The fraction of sp³-hybridized carbons (Fsp3) is 0.160. The molecule has 7 nitrogen and oxygen atoms in total. The van der Waals surface area contributed by atoms with Gasteiger partial charge in [0.2, 0.25) is 0 Å². The number of nitrogens with one attached hydrogen (secondary N) is 2. The average molecular weight is 464 g/mol. The van der Waals surface area contributed by atoms with E-state index in [1.807, 2.05) is 6.07 Å². The van der Waals surface area contributed by atoms with E-state index in [0.717, 1.165) is 12.1 Å². The van der Waals surface area contributed by atoms with Gasteiger partial charge < -0.3 is 20.5 Å². The monoisotopic (exact) mass is 464 g/mol. The number of amides is 1. The topological polar surface area (TPSA) is 121 Å². The summed E-state index contributed by atoms with van der Waals surface area (Å²) in [4.78, 5) is 12.7. The minimum Gasteiger partial charge on any atom is -0.457 e. The summed E-state index contributed by atoms with van der Waals surface area (Å²) in [5.41, 5.74) is 6.56. The Morgan fingerprint density at radius 2 is 1.71 bits per heavy atom. The van der Waals surface area contributed by atoms with E-state index in [1.165, 1.54) is 24.3 Å². The van der Waals surface area contributed by atoms with E-state index in [1.54, 1.807) is 31.2 Å². The van der Waals surface area contributed by atoms with Crippen molar-refractivity contribution in [3.8, 4) is 17.6 Å². The minimum atomic E-state index is -1.51. The Balaban J connectivity index is 1.76. The Morgan fingerprint density at radius 3 is 2.24 bits per heavy atom. The highest BCUT2D eigenvalue weighted by atomic mass is 19.1. The van der Waals surface area contributed by atoms with Crippen LogP contribution in [0.3, 0.4) is 0 Å². The molecule has 0 aliphatic heterocycles. The van der Waals surface area contributed by atoms with Crippen LogP contribution in [-0.2, 0) is 16.1 Å². The molecule has 1 atom stereocenters. The maximum Gasteiger partial charge on any atom is 0.254 e. The number of carbonyl (C=O) groups excluding carboxylic acids is 1. The van der Waals surface area contributed by atoms with Gasteiger partial charge in [-0.1, -0.05) is 24.3 Å². The number of rotatable bonds is 9. The van der Waals surface area contributed by atoms with Gasteiger partial charge in [0.15, 0.2) is 6.10 Å². The first-order chi connectivity index (χ1) is 16.3. The van der Waals surface area contributed by atoms with Crippen LogP contribution in [0.1, 0.15) is 35.3 Å². The van der Waals surface area contributed by atoms with Crippen molar-refractivity contribution in [2.24, 2.45) is 5.73 Å². The Morgan fingerprint density at radius 1 is 1.09 bits per heavy atom. The van der Waals surface area contributed by atoms with Gasteiger partial charge in [-0.25, -0.2) is 8.78 Å². The molecular weight excluding hydrogens is 442 g/mol. The van der Waals surface area contributed by atoms with Gasteiger partial charge in [0.05, 0.1) is 17.2 Å². The lowest BCUT2D eigenvalue weighted by molar-refractivity contribution is -0.133. The lowest BCUT2D eigenvalue weighted by Gasteiger charge is -2.19. The predicted molar refractivity (Wildman–Crippen MR) is 121 cm³/mol. The van der Waals surface area contributed by atoms with Crippen molar-refractivity contribution in [1.29, 1.82) is 10.7 Å². The number of nitriles is 1.